The number of halogens is 5. The van der Waals surface area contributed by atoms with Crippen molar-refractivity contribution in [3.05, 3.63) is 69.2 Å². The lowest BCUT2D eigenvalue weighted by Gasteiger charge is -2.18. The van der Waals surface area contributed by atoms with Crippen LogP contribution in [0.2, 0.25) is 0 Å². The second kappa shape index (κ2) is 10.2. The first-order valence-corrected chi connectivity index (χ1v) is 11.1. The van der Waals surface area contributed by atoms with E-state index < -0.39 is 29.3 Å². The second-order valence-corrected chi connectivity index (χ2v) is 7.88. The largest absolute Gasteiger partial charge is 0.493 e. The average molecular weight is 539 g/mol. The van der Waals surface area contributed by atoms with Crippen molar-refractivity contribution in [2.75, 3.05) is 13.7 Å². The monoisotopic (exact) mass is 539 g/mol. The zero-order valence-electron chi connectivity index (χ0n) is 19.2. The van der Waals surface area contributed by atoms with Crippen LogP contribution in [-0.2, 0) is 6.18 Å². The maximum atomic E-state index is 14.2. The van der Waals surface area contributed by atoms with E-state index in [1.54, 1.807) is 31.2 Å². The molecule has 0 aliphatic heterocycles. The van der Waals surface area contributed by atoms with Crippen LogP contribution in [0.3, 0.4) is 0 Å². The summed E-state index contributed by atoms with van der Waals surface area (Å²) in [7, 11) is 1.19. The van der Waals surface area contributed by atoms with Gasteiger partial charge in [0.05, 0.1) is 36.0 Å². The SMILES string of the molecule is CCOc1ccccc1-n1c(=S)[nH]c(=O)c2c(C(F)(F)F)cc(-c3ccc(OC(F)F)c(OC)c3)nc21. The van der Waals surface area contributed by atoms with Crippen molar-refractivity contribution in [1.82, 2.24) is 14.5 Å². The van der Waals surface area contributed by atoms with E-state index in [-0.39, 0.29) is 45.5 Å². The van der Waals surface area contributed by atoms with Crippen LogP contribution in [0.25, 0.3) is 28.0 Å². The zero-order valence-corrected chi connectivity index (χ0v) is 20.0. The highest BCUT2D eigenvalue weighted by atomic mass is 32.1. The van der Waals surface area contributed by atoms with E-state index in [1.807, 2.05) is 0 Å². The molecule has 194 valence electrons. The van der Waals surface area contributed by atoms with Crippen LogP contribution >= 0.6 is 12.2 Å². The zero-order chi connectivity index (χ0) is 26.9. The number of benzene rings is 2. The quantitative estimate of drug-likeness (QED) is 0.225. The van der Waals surface area contributed by atoms with Gasteiger partial charge in [0, 0.05) is 5.56 Å². The molecule has 0 bridgehead atoms. The van der Waals surface area contributed by atoms with Crippen molar-refractivity contribution in [3.8, 4) is 34.2 Å². The molecule has 37 heavy (non-hydrogen) atoms. The van der Waals surface area contributed by atoms with Gasteiger partial charge in [0.25, 0.3) is 5.56 Å². The van der Waals surface area contributed by atoms with Crippen molar-refractivity contribution in [3.63, 3.8) is 0 Å². The van der Waals surface area contributed by atoms with Gasteiger partial charge in [0.2, 0.25) is 0 Å². The van der Waals surface area contributed by atoms with E-state index in [1.165, 1.54) is 23.8 Å². The summed E-state index contributed by atoms with van der Waals surface area (Å²) in [6, 6.07) is 10.7. The second-order valence-electron chi connectivity index (χ2n) is 7.49. The van der Waals surface area contributed by atoms with E-state index >= 15 is 0 Å². The van der Waals surface area contributed by atoms with E-state index in [2.05, 4.69) is 14.7 Å². The highest BCUT2D eigenvalue weighted by Crippen LogP contribution is 2.39. The summed E-state index contributed by atoms with van der Waals surface area (Å²) in [4.78, 5) is 19.4. The Morgan fingerprint density at radius 2 is 1.81 bits per heavy atom. The standard InChI is InChI=1S/C24H18F5N3O4S/c1-3-35-16-7-5-4-6-15(16)32-20-19(21(33)31-23(32)37)13(24(27,28)29)11-14(30-20)12-8-9-17(36-22(25)26)18(10-12)34-2/h4-11,22H,3H2,1-2H3,(H,31,33,37). The molecule has 7 nitrogen and oxygen atoms in total. The van der Waals surface area contributed by atoms with Gasteiger partial charge in [-0.05, 0) is 55.5 Å². The summed E-state index contributed by atoms with van der Waals surface area (Å²) < 4.78 is 84.1. The summed E-state index contributed by atoms with van der Waals surface area (Å²) in [5, 5.41) is -0.735. The Bertz CT molecular complexity index is 1580. The molecule has 0 radical (unpaired) electrons. The Morgan fingerprint density at radius 3 is 2.46 bits per heavy atom. The fraction of sp³-hybridized carbons (Fsp3) is 0.208. The third-order valence-corrected chi connectivity index (χ3v) is 5.53. The number of nitrogens with one attached hydrogen (secondary N) is 1. The first kappa shape index (κ1) is 26.1. The minimum absolute atomic E-state index is 0.0849. The number of ether oxygens (including phenoxy) is 3. The number of pyridine rings is 1. The minimum Gasteiger partial charge on any atom is -0.493 e. The van der Waals surface area contributed by atoms with Crippen LogP contribution in [-0.4, -0.2) is 34.9 Å². The molecule has 0 aliphatic carbocycles. The molecule has 0 atom stereocenters. The molecule has 4 rings (SSSR count). The van der Waals surface area contributed by atoms with Crippen LogP contribution in [0, 0.1) is 4.77 Å². The normalized spacial score (nSPS) is 11.7. The smallest absolute Gasteiger partial charge is 0.417 e. The molecule has 0 aliphatic rings. The summed E-state index contributed by atoms with van der Waals surface area (Å²) in [5.41, 5.74) is -2.59. The van der Waals surface area contributed by atoms with E-state index in [9.17, 15) is 26.7 Å². The van der Waals surface area contributed by atoms with Gasteiger partial charge in [-0.2, -0.15) is 22.0 Å². The number of para-hydroxylation sites is 2. The van der Waals surface area contributed by atoms with Gasteiger partial charge in [-0.25, -0.2) is 4.98 Å². The summed E-state index contributed by atoms with van der Waals surface area (Å²) in [6.45, 7) is -1.16. The number of nitrogens with zero attached hydrogens (tertiary/aromatic N) is 2. The molecule has 0 saturated carbocycles. The average Bonchev–Trinajstić information content (AvgIpc) is 2.83. The molecule has 0 saturated heterocycles. The predicted octanol–water partition coefficient (Wildman–Crippen LogP) is 6.14. The molecule has 0 fully saturated rings. The molecular weight excluding hydrogens is 521 g/mol. The Kier molecular flexibility index (Phi) is 7.16. The Labute approximate surface area is 211 Å². The lowest BCUT2D eigenvalue weighted by molar-refractivity contribution is -0.136. The highest BCUT2D eigenvalue weighted by molar-refractivity contribution is 7.71. The molecule has 1 N–H and O–H groups in total. The van der Waals surface area contributed by atoms with Crippen molar-refractivity contribution in [2.45, 2.75) is 19.7 Å². The first-order valence-electron chi connectivity index (χ1n) is 10.7. The maximum absolute atomic E-state index is 14.2. The number of aromatic nitrogens is 3. The number of fused-ring (bicyclic) bond motifs is 1. The molecular formula is C24H18F5N3O4S. The summed E-state index contributed by atoms with van der Waals surface area (Å²) >= 11 is 5.31. The fourth-order valence-corrected chi connectivity index (χ4v) is 4.04. The molecule has 0 unspecified atom stereocenters. The summed E-state index contributed by atoms with van der Waals surface area (Å²) in [5.74, 6) is -0.175. The molecule has 2 aromatic heterocycles. The number of rotatable bonds is 7. The maximum Gasteiger partial charge on any atom is 0.417 e. The predicted molar refractivity (Wildman–Crippen MR) is 127 cm³/mol. The van der Waals surface area contributed by atoms with E-state index in [0.29, 0.717) is 11.8 Å². The molecule has 13 heteroatoms. The Balaban J connectivity index is 2.09. The minimum atomic E-state index is -4.95. The Morgan fingerprint density at radius 1 is 1.08 bits per heavy atom. The molecule has 0 amide bonds. The van der Waals surface area contributed by atoms with Gasteiger partial charge < -0.3 is 14.2 Å². The van der Waals surface area contributed by atoms with Gasteiger partial charge in [0.15, 0.2) is 21.9 Å². The number of hydrogen-bond donors (Lipinski definition) is 1. The van der Waals surface area contributed by atoms with Crippen LogP contribution in [0.1, 0.15) is 12.5 Å². The van der Waals surface area contributed by atoms with Crippen molar-refractivity contribution in [1.29, 1.82) is 0 Å². The van der Waals surface area contributed by atoms with Gasteiger partial charge in [-0.15, -0.1) is 0 Å². The highest BCUT2D eigenvalue weighted by Gasteiger charge is 2.36. The van der Waals surface area contributed by atoms with Crippen LogP contribution < -0.4 is 19.8 Å². The van der Waals surface area contributed by atoms with Gasteiger partial charge >= 0.3 is 12.8 Å². The van der Waals surface area contributed by atoms with Crippen LogP contribution in [0.4, 0.5) is 22.0 Å². The van der Waals surface area contributed by atoms with Crippen molar-refractivity contribution in [2.24, 2.45) is 0 Å². The number of aromatic amines is 1. The third kappa shape index (κ3) is 5.12. The number of methoxy groups -OCH3 is 1. The number of alkyl halides is 5. The van der Waals surface area contributed by atoms with Crippen molar-refractivity contribution >= 4 is 23.3 Å². The van der Waals surface area contributed by atoms with Gasteiger partial charge in [-0.1, -0.05) is 12.1 Å². The Hall–Kier alpha value is -4.00. The van der Waals surface area contributed by atoms with Gasteiger partial charge in [-0.3, -0.25) is 14.3 Å². The van der Waals surface area contributed by atoms with E-state index in [4.69, 9.17) is 21.7 Å². The fourth-order valence-electron chi connectivity index (χ4n) is 3.76. The van der Waals surface area contributed by atoms with E-state index in [0.717, 1.165) is 6.07 Å². The molecule has 0 spiro atoms. The lowest BCUT2D eigenvalue weighted by Crippen LogP contribution is -2.20. The number of H-pyrrole nitrogens is 1. The topological polar surface area (TPSA) is 78.4 Å². The summed E-state index contributed by atoms with van der Waals surface area (Å²) in [6.07, 6.45) is -4.95. The van der Waals surface area contributed by atoms with Crippen LogP contribution in [0.15, 0.2) is 53.3 Å². The van der Waals surface area contributed by atoms with Crippen molar-refractivity contribution < 1.29 is 36.2 Å². The van der Waals surface area contributed by atoms with Gasteiger partial charge in [0.1, 0.15) is 5.75 Å². The number of hydrogen-bond acceptors (Lipinski definition) is 6. The molecule has 4 aromatic rings. The molecule has 2 heterocycles. The first-order chi connectivity index (χ1) is 17.5. The lowest BCUT2D eigenvalue weighted by atomic mass is 10.1. The van der Waals surface area contributed by atoms with Crippen LogP contribution in [0.5, 0.6) is 17.2 Å². The third-order valence-electron chi connectivity index (χ3n) is 5.25. The molecule has 2 aromatic carbocycles.